The maximum Gasteiger partial charge on any atom is 0.265 e. The van der Waals surface area contributed by atoms with Crippen molar-refractivity contribution in [1.82, 2.24) is 5.32 Å². The van der Waals surface area contributed by atoms with Gasteiger partial charge in [0, 0.05) is 13.1 Å². The Morgan fingerprint density at radius 2 is 1.95 bits per heavy atom. The van der Waals surface area contributed by atoms with Crippen LogP contribution in [-0.2, 0) is 6.54 Å². The van der Waals surface area contributed by atoms with Crippen LogP contribution >= 0.6 is 0 Å². The van der Waals surface area contributed by atoms with Gasteiger partial charge in [0.1, 0.15) is 11.9 Å². The van der Waals surface area contributed by atoms with E-state index in [0.717, 1.165) is 24.2 Å². The van der Waals surface area contributed by atoms with Crippen LogP contribution in [0.4, 0.5) is 8.78 Å². The first-order chi connectivity index (χ1) is 9.13. The van der Waals surface area contributed by atoms with Crippen molar-refractivity contribution < 1.29 is 18.6 Å². The number of rotatable bonds is 9. The lowest BCUT2D eigenvalue weighted by Crippen LogP contribution is -2.31. The number of hydrogen-bond acceptors (Lipinski definition) is 3. The van der Waals surface area contributed by atoms with Gasteiger partial charge in [-0.1, -0.05) is 25.5 Å². The quantitative estimate of drug-likeness (QED) is 0.679. The molecule has 0 bridgehead atoms. The minimum absolute atomic E-state index is 0.119. The minimum Gasteiger partial charge on any atom is -0.494 e. The predicted octanol–water partition coefficient (Wildman–Crippen LogP) is 2.58. The van der Waals surface area contributed by atoms with Crippen LogP contribution in [0.3, 0.4) is 0 Å². The molecule has 0 radical (unpaired) electrons. The molecule has 0 amide bonds. The Morgan fingerprint density at radius 1 is 1.26 bits per heavy atom. The fraction of sp³-hybridized carbons (Fsp3) is 0.571. The molecule has 1 unspecified atom stereocenters. The molecule has 2 N–H and O–H groups in total. The largest absolute Gasteiger partial charge is 0.494 e. The summed E-state index contributed by atoms with van der Waals surface area (Å²) in [5, 5.41) is 11.7. The van der Waals surface area contributed by atoms with Crippen LogP contribution < -0.4 is 10.1 Å². The summed E-state index contributed by atoms with van der Waals surface area (Å²) in [5.41, 5.74) is 0.962. The number of nitrogens with one attached hydrogen (secondary N) is 1. The van der Waals surface area contributed by atoms with Crippen molar-refractivity contribution in [3.05, 3.63) is 29.8 Å². The van der Waals surface area contributed by atoms with Crippen molar-refractivity contribution in [3.63, 3.8) is 0 Å². The average Bonchev–Trinajstić information content (AvgIpc) is 2.40. The Balaban J connectivity index is 2.28. The molecule has 0 aliphatic rings. The fourth-order valence-electron chi connectivity index (χ4n) is 1.49. The molecule has 0 saturated carbocycles. The lowest BCUT2D eigenvalue weighted by atomic mass is 10.2. The SMILES string of the molecule is CCCCOc1ccc(CNCC(O)C(F)F)cc1. The summed E-state index contributed by atoms with van der Waals surface area (Å²) in [6, 6.07) is 7.47. The molecule has 0 fully saturated rings. The topological polar surface area (TPSA) is 41.5 Å². The molecule has 0 aromatic heterocycles. The van der Waals surface area contributed by atoms with Gasteiger partial charge in [-0.3, -0.25) is 0 Å². The highest BCUT2D eigenvalue weighted by Crippen LogP contribution is 2.12. The Bertz CT molecular complexity index is 344. The molecule has 0 saturated heterocycles. The number of hydrogen-bond donors (Lipinski definition) is 2. The lowest BCUT2D eigenvalue weighted by Gasteiger charge is -2.11. The number of unbranched alkanes of at least 4 members (excludes halogenated alkanes) is 1. The summed E-state index contributed by atoms with van der Waals surface area (Å²) in [4.78, 5) is 0. The predicted molar refractivity (Wildman–Crippen MR) is 70.6 cm³/mol. The Hall–Kier alpha value is -1.20. The number of benzene rings is 1. The van der Waals surface area contributed by atoms with Gasteiger partial charge in [-0.05, 0) is 24.1 Å². The van der Waals surface area contributed by atoms with E-state index in [1.807, 2.05) is 24.3 Å². The van der Waals surface area contributed by atoms with Crippen molar-refractivity contribution in [2.24, 2.45) is 0 Å². The first-order valence-electron chi connectivity index (χ1n) is 6.52. The van der Waals surface area contributed by atoms with E-state index in [1.165, 1.54) is 0 Å². The van der Waals surface area contributed by atoms with E-state index in [4.69, 9.17) is 9.84 Å². The van der Waals surface area contributed by atoms with E-state index >= 15 is 0 Å². The van der Waals surface area contributed by atoms with Gasteiger partial charge in [-0.25, -0.2) is 8.78 Å². The van der Waals surface area contributed by atoms with Gasteiger partial charge >= 0.3 is 0 Å². The van der Waals surface area contributed by atoms with Gasteiger partial charge in [-0.2, -0.15) is 0 Å². The van der Waals surface area contributed by atoms with Gasteiger partial charge in [0.15, 0.2) is 0 Å². The molecule has 1 aromatic carbocycles. The van der Waals surface area contributed by atoms with Crippen LogP contribution in [0.2, 0.25) is 0 Å². The van der Waals surface area contributed by atoms with Crippen LogP contribution in [0, 0.1) is 0 Å². The highest BCUT2D eigenvalue weighted by atomic mass is 19.3. The van der Waals surface area contributed by atoms with Crippen LogP contribution in [0.1, 0.15) is 25.3 Å². The van der Waals surface area contributed by atoms with Crippen molar-refractivity contribution >= 4 is 0 Å². The minimum atomic E-state index is -2.71. The first-order valence-corrected chi connectivity index (χ1v) is 6.52. The monoisotopic (exact) mass is 273 g/mol. The van der Waals surface area contributed by atoms with E-state index in [0.29, 0.717) is 13.2 Å². The molecule has 0 aliphatic carbocycles. The second kappa shape index (κ2) is 8.82. The fourth-order valence-corrected chi connectivity index (χ4v) is 1.49. The van der Waals surface area contributed by atoms with E-state index in [2.05, 4.69) is 12.2 Å². The highest BCUT2D eigenvalue weighted by Gasteiger charge is 2.15. The number of halogens is 2. The number of alkyl halides is 2. The molecule has 1 atom stereocenters. The maximum absolute atomic E-state index is 12.0. The molecule has 1 rings (SSSR count). The molecule has 0 heterocycles. The van der Waals surface area contributed by atoms with Crippen molar-refractivity contribution in [2.75, 3.05) is 13.2 Å². The zero-order chi connectivity index (χ0) is 14.1. The Morgan fingerprint density at radius 3 is 2.53 bits per heavy atom. The summed E-state index contributed by atoms with van der Waals surface area (Å²) < 4.78 is 29.6. The van der Waals surface area contributed by atoms with Crippen LogP contribution in [0.15, 0.2) is 24.3 Å². The Kier molecular flexibility index (Phi) is 7.36. The van der Waals surface area contributed by atoms with Gasteiger partial charge in [0.05, 0.1) is 6.61 Å². The second-order valence-electron chi connectivity index (χ2n) is 4.38. The molecule has 3 nitrogen and oxygen atoms in total. The van der Waals surface area contributed by atoms with Crippen molar-refractivity contribution in [3.8, 4) is 5.75 Å². The standard InChI is InChI=1S/C14H21F2NO2/c1-2-3-8-19-12-6-4-11(5-7-12)9-17-10-13(18)14(15)16/h4-7,13-14,17-18H,2-3,8-10H2,1H3. The van der Waals surface area contributed by atoms with Crippen LogP contribution in [0.25, 0.3) is 0 Å². The number of ether oxygens (including phenoxy) is 1. The van der Waals surface area contributed by atoms with Crippen molar-refractivity contribution in [1.29, 1.82) is 0 Å². The number of aliphatic hydroxyl groups excluding tert-OH is 1. The highest BCUT2D eigenvalue weighted by molar-refractivity contribution is 5.27. The average molecular weight is 273 g/mol. The summed E-state index contributed by atoms with van der Waals surface area (Å²) >= 11 is 0. The molecule has 1 aromatic rings. The molecular formula is C14H21F2NO2. The third kappa shape index (κ3) is 6.50. The summed E-state index contributed by atoms with van der Waals surface area (Å²) in [7, 11) is 0. The maximum atomic E-state index is 12.0. The Labute approximate surface area is 112 Å². The van der Waals surface area contributed by atoms with Crippen LogP contribution in [-0.4, -0.2) is 30.8 Å². The summed E-state index contributed by atoms with van der Waals surface area (Å²) in [6.07, 6.45) is -2.21. The number of aliphatic hydroxyl groups is 1. The van der Waals surface area contributed by atoms with Gasteiger partial charge in [0.2, 0.25) is 0 Å². The third-order valence-corrected chi connectivity index (χ3v) is 2.66. The smallest absolute Gasteiger partial charge is 0.265 e. The van der Waals surface area contributed by atoms with Crippen molar-refractivity contribution in [2.45, 2.75) is 38.8 Å². The normalized spacial score (nSPS) is 12.7. The molecule has 0 aliphatic heterocycles. The van der Waals surface area contributed by atoms with E-state index in [1.54, 1.807) is 0 Å². The first kappa shape index (κ1) is 15.9. The third-order valence-electron chi connectivity index (χ3n) is 2.66. The molecule has 19 heavy (non-hydrogen) atoms. The van der Waals surface area contributed by atoms with Crippen LogP contribution in [0.5, 0.6) is 5.75 Å². The molecule has 0 spiro atoms. The zero-order valence-corrected chi connectivity index (χ0v) is 11.1. The second-order valence-corrected chi connectivity index (χ2v) is 4.38. The summed E-state index contributed by atoms with van der Waals surface area (Å²) in [5.74, 6) is 0.810. The van der Waals surface area contributed by atoms with E-state index in [-0.39, 0.29) is 6.54 Å². The molecule has 108 valence electrons. The summed E-state index contributed by atoms with van der Waals surface area (Å²) in [6.45, 7) is 3.13. The van der Waals surface area contributed by atoms with Gasteiger partial charge in [0.25, 0.3) is 6.43 Å². The molecule has 5 heteroatoms. The lowest BCUT2D eigenvalue weighted by molar-refractivity contribution is -0.00340. The van der Waals surface area contributed by atoms with Gasteiger partial charge in [-0.15, -0.1) is 0 Å². The van der Waals surface area contributed by atoms with Gasteiger partial charge < -0.3 is 15.2 Å². The van der Waals surface area contributed by atoms with E-state index < -0.39 is 12.5 Å². The molecular weight excluding hydrogens is 252 g/mol. The zero-order valence-electron chi connectivity index (χ0n) is 11.1. The van der Waals surface area contributed by atoms with E-state index in [9.17, 15) is 8.78 Å².